The van der Waals surface area contributed by atoms with Gasteiger partial charge >= 0.3 is 6.03 Å². The molecule has 0 spiro atoms. The molecule has 6 heteroatoms. The predicted octanol–water partition coefficient (Wildman–Crippen LogP) is 0.746. The summed E-state index contributed by atoms with van der Waals surface area (Å²) >= 11 is 0. The normalized spacial score (nSPS) is 10.0. The summed E-state index contributed by atoms with van der Waals surface area (Å²) in [5.41, 5.74) is 0. The lowest BCUT2D eigenvalue weighted by Gasteiger charge is -2.16. The van der Waals surface area contributed by atoms with E-state index in [1.54, 1.807) is 11.9 Å². The van der Waals surface area contributed by atoms with Gasteiger partial charge in [-0.05, 0) is 6.42 Å². The van der Waals surface area contributed by atoms with E-state index in [-0.39, 0.29) is 6.03 Å². The fourth-order valence-electron chi connectivity index (χ4n) is 1.11. The highest BCUT2D eigenvalue weighted by molar-refractivity contribution is 5.73. The summed E-state index contributed by atoms with van der Waals surface area (Å²) in [6, 6.07) is -0.0835. The second-order valence-electron chi connectivity index (χ2n) is 3.37. The second-order valence-corrected chi connectivity index (χ2v) is 3.37. The van der Waals surface area contributed by atoms with Gasteiger partial charge in [0.2, 0.25) is 0 Å². The van der Waals surface area contributed by atoms with Crippen molar-refractivity contribution in [1.29, 1.82) is 0 Å². The number of aromatic nitrogens is 3. The van der Waals surface area contributed by atoms with Crippen molar-refractivity contribution in [2.75, 3.05) is 13.6 Å². The number of hydrogen-bond donors (Lipinski definition) is 2. The van der Waals surface area contributed by atoms with Crippen LogP contribution in [0.3, 0.4) is 0 Å². The van der Waals surface area contributed by atoms with Gasteiger partial charge in [0.1, 0.15) is 12.2 Å². The molecule has 15 heavy (non-hydrogen) atoms. The first kappa shape index (κ1) is 11.5. The Kier molecular flexibility index (Phi) is 4.59. The van der Waals surface area contributed by atoms with Crippen LogP contribution < -0.4 is 5.32 Å². The maximum Gasteiger partial charge on any atom is 0.317 e. The fraction of sp³-hybridized carbons (Fsp3) is 0.667. The van der Waals surface area contributed by atoms with Crippen LogP contribution >= 0.6 is 0 Å². The first-order valence-electron chi connectivity index (χ1n) is 5.07. The molecule has 0 saturated carbocycles. The molecule has 2 N–H and O–H groups in total. The number of nitrogens with zero attached hydrogens (tertiary/aromatic N) is 3. The van der Waals surface area contributed by atoms with E-state index in [4.69, 9.17) is 0 Å². The van der Waals surface area contributed by atoms with Gasteiger partial charge in [-0.2, -0.15) is 5.10 Å². The average molecular weight is 211 g/mol. The van der Waals surface area contributed by atoms with Crippen molar-refractivity contribution < 1.29 is 4.79 Å². The smallest absolute Gasteiger partial charge is 0.317 e. The molecule has 0 aliphatic carbocycles. The van der Waals surface area contributed by atoms with Gasteiger partial charge in [-0.25, -0.2) is 9.78 Å². The molecule has 2 amide bonds. The highest BCUT2D eigenvalue weighted by atomic mass is 16.2. The number of urea groups is 1. The molecular weight excluding hydrogens is 194 g/mol. The Morgan fingerprint density at radius 2 is 2.47 bits per heavy atom. The number of H-pyrrole nitrogens is 1. The van der Waals surface area contributed by atoms with Gasteiger partial charge in [0.15, 0.2) is 0 Å². The molecule has 1 heterocycles. The van der Waals surface area contributed by atoms with Crippen LogP contribution in [0.4, 0.5) is 4.79 Å². The number of amides is 2. The molecule has 0 aliphatic rings. The molecule has 0 radical (unpaired) electrons. The van der Waals surface area contributed by atoms with Crippen molar-refractivity contribution >= 4 is 6.03 Å². The molecule has 1 rings (SSSR count). The molecule has 0 aliphatic heterocycles. The van der Waals surface area contributed by atoms with Crippen LogP contribution in [0.25, 0.3) is 0 Å². The molecule has 6 nitrogen and oxygen atoms in total. The number of nitrogens with one attached hydrogen (secondary N) is 2. The van der Waals surface area contributed by atoms with Crippen molar-refractivity contribution in [2.45, 2.75) is 26.3 Å². The Labute approximate surface area is 89.1 Å². The number of aromatic amines is 1. The number of unbranched alkanes of at least 4 members (excludes halogenated alkanes) is 1. The summed E-state index contributed by atoms with van der Waals surface area (Å²) in [6.45, 7) is 3.25. The highest BCUT2D eigenvalue weighted by Gasteiger charge is 2.08. The van der Waals surface area contributed by atoms with Gasteiger partial charge in [-0.1, -0.05) is 13.3 Å². The van der Waals surface area contributed by atoms with Gasteiger partial charge in [-0.15, -0.1) is 0 Å². The number of rotatable bonds is 5. The fourth-order valence-corrected chi connectivity index (χ4v) is 1.11. The predicted molar refractivity (Wildman–Crippen MR) is 56.2 cm³/mol. The van der Waals surface area contributed by atoms with E-state index in [1.807, 2.05) is 0 Å². The highest BCUT2D eigenvalue weighted by Crippen LogP contribution is 1.94. The molecule has 1 aromatic heterocycles. The van der Waals surface area contributed by atoms with Crippen molar-refractivity contribution in [3.05, 3.63) is 12.2 Å². The molecular formula is C9H17N5O. The lowest BCUT2D eigenvalue weighted by Crippen LogP contribution is -2.37. The zero-order valence-electron chi connectivity index (χ0n) is 9.16. The van der Waals surface area contributed by atoms with Gasteiger partial charge < -0.3 is 10.2 Å². The maximum absolute atomic E-state index is 11.5. The van der Waals surface area contributed by atoms with Gasteiger partial charge in [0, 0.05) is 13.6 Å². The molecule has 84 valence electrons. The summed E-state index contributed by atoms with van der Waals surface area (Å²) in [6.07, 6.45) is 3.51. The lowest BCUT2D eigenvalue weighted by atomic mass is 10.3. The van der Waals surface area contributed by atoms with Crippen LogP contribution in [0, 0.1) is 0 Å². The summed E-state index contributed by atoms with van der Waals surface area (Å²) in [7, 11) is 1.73. The Bertz CT molecular complexity index is 285. The van der Waals surface area contributed by atoms with E-state index in [9.17, 15) is 4.79 Å². The SMILES string of the molecule is CCCCNC(=O)N(C)Cc1ncn[nH]1. The van der Waals surface area contributed by atoms with Crippen molar-refractivity contribution in [2.24, 2.45) is 0 Å². The molecule has 0 unspecified atom stereocenters. The summed E-state index contributed by atoms with van der Waals surface area (Å²) in [4.78, 5) is 17.0. The van der Waals surface area contributed by atoms with E-state index < -0.39 is 0 Å². The van der Waals surface area contributed by atoms with Crippen LogP contribution in [0.1, 0.15) is 25.6 Å². The minimum atomic E-state index is -0.0835. The minimum Gasteiger partial charge on any atom is -0.338 e. The van der Waals surface area contributed by atoms with E-state index in [0.29, 0.717) is 12.4 Å². The topological polar surface area (TPSA) is 73.9 Å². The first-order valence-corrected chi connectivity index (χ1v) is 5.07. The third-order valence-corrected chi connectivity index (χ3v) is 2.01. The van der Waals surface area contributed by atoms with Gasteiger partial charge in [0.05, 0.1) is 6.54 Å². The molecule has 0 bridgehead atoms. The van der Waals surface area contributed by atoms with Crippen molar-refractivity contribution in [1.82, 2.24) is 25.4 Å². The Morgan fingerprint density at radius 1 is 1.67 bits per heavy atom. The van der Waals surface area contributed by atoms with Crippen LogP contribution in [0.5, 0.6) is 0 Å². The van der Waals surface area contributed by atoms with Crippen molar-refractivity contribution in [3.63, 3.8) is 0 Å². The molecule has 0 atom stereocenters. The van der Waals surface area contributed by atoms with E-state index in [0.717, 1.165) is 19.4 Å². The summed E-state index contributed by atoms with van der Waals surface area (Å²) in [5.74, 6) is 0.683. The second kappa shape index (κ2) is 6.00. The van der Waals surface area contributed by atoms with Crippen LogP contribution in [-0.2, 0) is 6.54 Å². The molecule has 0 saturated heterocycles. The van der Waals surface area contributed by atoms with E-state index in [1.165, 1.54) is 6.33 Å². The molecule has 1 aromatic rings. The number of carbonyl (C=O) groups is 1. The van der Waals surface area contributed by atoms with Crippen LogP contribution in [0.2, 0.25) is 0 Å². The third-order valence-electron chi connectivity index (χ3n) is 2.01. The molecule has 0 fully saturated rings. The Hall–Kier alpha value is -1.59. The summed E-state index contributed by atoms with van der Waals surface area (Å²) < 4.78 is 0. The summed E-state index contributed by atoms with van der Waals surface area (Å²) in [5, 5.41) is 9.24. The van der Waals surface area contributed by atoms with Gasteiger partial charge in [0.25, 0.3) is 0 Å². The lowest BCUT2D eigenvalue weighted by molar-refractivity contribution is 0.205. The Balaban J connectivity index is 2.27. The Morgan fingerprint density at radius 3 is 3.07 bits per heavy atom. The number of hydrogen-bond acceptors (Lipinski definition) is 3. The zero-order valence-corrected chi connectivity index (χ0v) is 9.16. The quantitative estimate of drug-likeness (QED) is 0.706. The number of carbonyl (C=O) groups excluding carboxylic acids is 1. The van der Waals surface area contributed by atoms with E-state index in [2.05, 4.69) is 27.4 Å². The van der Waals surface area contributed by atoms with Crippen molar-refractivity contribution in [3.8, 4) is 0 Å². The maximum atomic E-state index is 11.5. The standard InChI is InChI=1S/C9H17N5O/c1-3-4-5-10-9(15)14(2)6-8-11-7-12-13-8/h7H,3-6H2,1-2H3,(H,10,15)(H,11,12,13). The average Bonchev–Trinajstić information content (AvgIpc) is 2.70. The monoisotopic (exact) mass is 211 g/mol. The third kappa shape index (κ3) is 3.97. The van der Waals surface area contributed by atoms with Crippen LogP contribution in [-0.4, -0.2) is 39.7 Å². The molecule has 0 aromatic carbocycles. The van der Waals surface area contributed by atoms with Crippen LogP contribution in [0.15, 0.2) is 6.33 Å². The zero-order chi connectivity index (χ0) is 11.1. The largest absolute Gasteiger partial charge is 0.338 e. The first-order chi connectivity index (χ1) is 7.24. The van der Waals surface area contributed by atoms with Gasteiger partial charge in [-0.3, -0.25) is 5.10 Å². The van der Waals surface area contributed by atoms with E-state index >= 15 is 0 Å². The minimum absolute atomic E-state index is 0.0835.